The fourth-order valence-electron chi connectivity index (χ4n) is 1.97. The van der Waals surface area contributed by atoms with E-state index in [2.05, 4.69) is 25.8 Å². The van der Waals surface area contributed by atoms with Crippen molar-refractivity contribution < 1.29 is 9.47 Å². The van der Waals surface area contributed by atoms with Gasteiger partial charge in [0.15, 0.2) is 0 Å². The van der Waals surface area contributed by atoms with Crippen molar-refractivity contribution in [2.75, 3.05) is 12.8 Å². The van der Waals surface area contributed by atoms with Crippen LogP contribution in [0.2, 0.25) is 5.15 Å². The van der Waals surface area contributed by atoms with Crippen LogP contribution in [-0.2, 0) is 5.41 Å². The van der Waals surface area contributed by atoms with Crippen molar-refractivity contribution in [1.29, 1.82) is 0 Å². The summed E-state index contributed by atoms with van der Waals surface area (Å²) in [5, 5.41) is 0.302. The Morgan fingerprint density at radius 2 is 1.86 bits per heavy atom. The SMILES string of the molecule is COc1ccc(Oc2cc(N)cc(Cl)n2)c(C(C)(C)C)c1. The number of hydrogen-bond acceptors (Lipinski definition) is 4. The molecule has 1 aromatic carbocycles. The Bertz CT molecular complexity index is 631. The lowest BCUT2D eigenvalue weighted by Crippen LogP contribution is -2.13. The highest BCUT2D eigenvalue weighted by atomic mass is 35.5. The number of hydrogen-bond donors (Lipinski definition) is 1. The summed E-state index contributed by atoms with van der Waals surface area (Å²) in [6.07, 6.45) is 0. The summed E-state index contributed by atoms with van der Waals surface area (Å²) in [5.41, 5.74) is 7.18. The van der Waals surface area contributed by atoms with Gasteiger partial charge < -0.3 is 15.2 Å². The molecule has 0 atom stereocenters. The number of nitrogens with zero attached hydrogens (tertiary/aromatic N) is 1. The molecule has 1 heterocycles. The van der Waals surface area contributed by atoms with E-state index < -0.39 is 0 Å². The zero-order chi connectivity index (χ0) is 15.6. The zero-order valence-electron chi connectivity index (χ0n) is 12.6. The lowest BCUT2D eigenvalue weighted by Gasteiger charge is -2.23. The number of benzene rings is 1. The molecule has 4 nitrogen and oxygen atoms in total. The molecule has 21 heavy (non-hydrogen) atoms. The van der Waals surface area contributed by atoms with Gasteiger partial charge in [-0.2, -0.15) is 0 Å². The van der Waals surface area contributed by atoms with Gasteiger partial charge in [-0.25, -0.2) is 4.98 Å². The van der Waals surface area contributed by atoms with Gasteiger partial charge in [0.05, 0.1) is 7.11 Å². The Morgan fingerprint density at radius 3 is 2.43 bits per heavy atom. The van der Waals surface area contributed by atoms with Crippen molar-refractivity contribution in [1.82, 2.24) is 4.98 Å². The quantitative estimate of drug-likeness (QED) is 0.853. The Balaban J connectivity index is 2.43. The van der Waals surface area contributed by atoms with Crippen molar-refractivity contribution in [2.24, 2.45) is 0 Å². The third kappa shape index (κ3) is 3.79. The first-order valence-corrected chi connectivity index (χ1v) is 6.97. The molecular formula is C16H19ClN2O2. The molecule has 0 aliphatic heterocycles. The van der Waals surface area contributed by atoms with E-state index in [0.717, 1.165) is 11.3 Å². The van der Waals surface area contributed by atoms with E-state index in [-0.39, 0.29) is 5.41 Å². The Morgan fingerprint density at radius 1 is 1.14 bits per heavy atom. The smallest absolute Gasteiger partial charge is 0.222 e. The van der Waals surface area contributed by atoms with Gasteiger partial charge in [-0.3, -0.25) is 0 Å². The fourth-order valence-corrected chi connectivity index (χ4v) is 2.18. The van der Waals surface area contributed by atoms with E-state index >= 15 is 0 Å². The number of ether oxygens (including phenoxy) is 2. The number of rotatable bonds is 3. The van der Waals surface area contributed by atoms with Crippen LogP contribution in [0.3, 0.4) is 0 Å². The maximum absolute atomic E-state index is 5.90. The zero-order valence-corrected chi connectivity index (χ0v) is 13.4. The average Bonchev–Trinajstić information content (AvgIpc) is 2.36. The van der Waals surface area contributed by atoms with Crippen LogP contribution in [0.4, 0.5) is 5.69 Å². The van der Waals surface area contributed by atoms with Gasteiger partial charge >= 0.3 is 0 Å². The van der Waals surface area contributed by atoms with Crippen molar-refractivity contribution >= 4 is 17.3 Å². The highest BCUT2D eigenvalue weighted by Gasteiger charge is 2.20. The molecule has 2 rings (SSSR count). The molecule has 1 aromatic heterocycles. The Labute approximate surface area is 129 Å². The van der Waals surface area contributed by atoms with E-state index in [1.54, 1.807) is 19.2 Å². The molecule has 2 N–H and O–H groups in total. The molecule has 0 radical (unpaired) electrons. The summed E-state index contributed by atoms with van der Waals surface area (Å²) in [6.45, 7) is 6.32. The molecule has 5 heteroatoms. The van der Waals surface area contributed by atoms with Crippen LogP contribution >= 0.6 is 11.6 Å². The minimum atomic E-state index is -0.103. The molecule has 0 unspecified atom stereocenters. The van der Waals surface area contributed by atoms with Crippen LogP contribution in [0.1, 0.15) is 26.3 Å². The molecule has 2 aromatic rings. The molecule has 112 valence electrons. The minimum Gasteiger partial charge on any atom is -0.497 e. The maximum Gasteiger partial charge on any atom is 0.222 e. The van der Waals surface area contributed by atoms with Gasteiger partial charge in [-0.1, -0.05) is 32.4 Å². The van der Waals surface area contributed by atoms with E-state index in [1.807, 2.05) is 18.2 Å². The summed E-state index contributed by atoms with van der Waals surface area (Å²) in [5.74, 6) is 1.86. The van der Waals surface area contributed by atoms with Crippen molar-refractivity contribution in [3.8, 4) is 17.4 Å². The van der Waals surface area contributed by atoms with Crippen LogP contribution in [-0.4, -0.2) is 12.1 Å². The summed E-state index contributed by atoms with van der Waals surface area (Å²) in [7, 11) is 1.64. The highest BCUT2D eigenvalue weighted by molar-refractivity contribution is 6.29. The molecule has 0 amide bonds. The Hall–Kier alpha value is -1.94. The molecule has 0 fully saturated rings. The number of methoxy groups -OCH3 is 1. The summed E-state index contributed by atoms with van der Waals surface area (Å²) >= 11 is 5.90. The lowest BCUT2D eigenvalue weighted by atomic mass is 9.86. The predicted molar refractivity (Wildman–Crippen MR) is 85.4 cm³/mol. The van der Waals surface area contributed by atoms with E-state index in [0.29, 0.717) is 22.5 Å². The second kappa shape index (κ2) is 5.82. The van der Waals surface area contributed by atoms with Crippen LogP contribution in [0.5, 0.6) is 17.4 Å². The molecular weight excluding hydrogens is 288 g/mol. The summed E-state index contributed by atoms with van der Waals surface area (Å²) in [4.78, 5) is 4.13. The second-order valence-electron chi connectivity index (χ2n) is 5.78. The van der Waals surface area contributed by atoms with Crippen molar-refractivity contribution in [3.05, 3.63) is 41.0 Å². The number of pyridine rings is 1. The van der Waals surface area contributed by atoms with Crippen molar-refractivity contribution in [3.63, 3.8) is 0 Å². The van der Waals surface area contributed by atoms with Crippen molar-refractivity contribution in [2.45, 2.75) is 26.2 Å². The highest BCUT2D eigenvalue weighted by Crippen LogP contribution is 2.36. The molecule has 0 spiro atoms. The average molecular weight is 307 g/mol. The van der Waals surface area contributed by atoms with Gasteiger partial charge in [0.2, 0.25) is 5.88 Å². The number of anilines is 1. The fraction of sp³-hybridized carbons (Fsp3) is 0.312. The van der Waals surface area contributed by atoms with E-state index in [9.17, 15) is 0 Å². The second-order valence-corrected chi connectivity index (χ2v) is 6.16. The van der Waals surface area contributed by atoms with Crippen LogP contribution < -0.4 is 15.2 Å². The van der Waals surface area contributed by atoms with Gasteiger partial charge in [0.1, 0.15) is 16.7 Å². The molecule has 0 saturated carbocycles. The minimum absolute atomic E-state index is 0.103. The molecule has 0 aliphatic rings. The molecule has 0 bridgehead atoms. The lowest BCUT2D eigenvalue weighted by molar-refractivity contribution is 0.405. The number of nitrogen functional groups attached to an aromatic ring is 1. The first-order chi connectivity index (χ1) is 9.79. The predicted octanol–water partition coefficient (Wildman–Crippen LogP) is 4.42. The Kier molecular flexibility index (Phi) is 4.28. The van der Waals surface area contributed by atoms with Crippen LogP contribution in [0.15, 0.2) is 30.3 Å². The number of nitrogens with two attached hydrogens (primary N) is 1. The summed E-state index contributed by atoms with van der Waals surface area (Å²) < 4.78 is 11.1. The summed E-state index contributed by atoms with van der Waals surface area (Å²) in [6, 6.07) is 8.88. The van der Waals surface area contributed by atoms with Gasteiger partial charge in [-0.05, 0) is 29.7 Å². The van der Waals surface area contributed by atoms with Gasteiger partial charge in [0, 0.05) is 17.3 Å². The maximum atomic E-state index is 5.90. The number of aromatic nitrogens is 1. The first kappa shape index (κ1) is 15.4. The monoisotopic (exact) mass is 306 g/mol. The van der Waals surface area contributed by atoms with E-state index in [4.69, 9.17) is 26.8 Å². The molecule has 0 saturated heterocycles. The largest absolute Gasteiger partial charge is 0.497 e. The third-order valence-electron chi connectivity index (χ3n) is 3.00. The number of halogens is 1. The normalized spacial score (nSPS) is 11.3. The third-order valence-corrected chi connectivity index (χ3v) is 3.20. The van der Waals surface area contributed by atoms with Crippen LogP contribution in [0.25, 0.3) is 0 Å². The van der Waals surface area contributed by atoms with Gasteiger partial charge in [0.25, 0.3) is 0 Å². The van der Waals surface area contributed by atoms with Gasteiger partial charge in [-0.15, -0.1) is 0 Å². The van der Waals surface area contributed by atoms with Crippen LogP contribution in [0, 0.1) is 0 Å². The topological polar surface area (TPSA) is 57.4 Å². The first-order valence-electron chi connectivity index (χ1n) is 6.59. The van der Waals surface area contributed by atoms with E-state index in [1.165, 1.54) is 0 Å². The standard InChI is InChI=1S/C16H19ClN2O2/c1-16(2,3)12-9-11(20-4)5-6-13(12)21-15-8-10(18)7-14(17)19-15/h5-9H,1-4H3,(H2,18,19). The molecule has 0 aliphatic carbocycles.